The first-order chi connectivity index (χ1) is 9.84. The van der Waals surface area contributed by atoms with Crippen molar-refractivity contribution in [3.8, 4) is 0 Å². The Balaban J connectivity index is 1.83. The Morgan fingerprint density at radius 2 is 1.35 bits per heavy atom. The molecule has 0 aromatic heterocycles. The van der Waals surface area contributed by atoms with Crippen molar-refractivity contribution >= 4 is 5.91 Å². The summed E-state index contributed by atoms with van der Waals surface area (Å²) in [6.07, 6.45) is 12.1. The summed E-state index contributed by atoms with van der Waals surface area (Å²) in [6.45, 7) is 4.52. The van der Waals surface area contributed by atoms with Gasteiger partial charge in [0, 0.05) is 32.6 Å². The molecule has 1 amide bonds. The Morgan fingerprint density at radius 3 is 1.90 bits per heavy atom. The van der Waals surface area contributed by atoms with Crippen LogP contribution in [0, 0.1) is 0 Å². The molecule has 20 heavy (non-hydrogen) atoms. The van der Waals surface area contributed by atoms with E-state index in [0.29, 0.717) is 5.91 Å². The predicted molar refractivity (Wildman–Crippen MR) is 84.7 cm³/mol. The van der Waals surface area contributed by atoms with E-state index < -0.39 is 0 Å². The van der Waals surface area contributed by atoms with E-state index in [9.17, 15) is 4.79 Å². The molecule has 0 aliphatic carbocycles. The lowest BCUT2D eigenvalue weighted by Gasteiger charge is -2.27. The van der Waals surface area contributed by atoms with Gasteiger partial charge in [-0.25, -0.2) is 0 Å². The highest BCUT2D eigenvalue weighted by Gasteiger charge is 2.14. The Kier molecular flexibility index (Phi) is 10.6. The minimum atomic E-state index is 0.355. The van der Waals surface area contributed by atoms with Gasteiger partial charge >= 0.3 is 0 Å². The van der Waals surface area contributed by atoms with Gasteiger partial charge in [-0.1, -0.05) is 44.9 Å². The molecule has 4 nitrogen and oxygen atoms in total. The van der Waals surface area contributed by atoms with Crippen LogP contribution in [0.3, 0.4) is 0 Å². The lowest BCUT2D eigenvalue weighted by molar-refractivity contribution is -0.131. The van der Waals surface area contributed by atoms with Crippen LogP contribution in [0.1, 0.15) is 64.2 Å². The van der Waals surface area contributed by atoms with Crippen molar-refractivity contribution < 1.29 is 4.79 Å². The van der Waals surface area contributed by atoms with Crippen molar-refractivity contribution in [1.29, 1.82) is 0 Å². The molecule has 0 unspecified atom stereocenters. The number of hydrogen-bond acceptors (Lipinski definition) is 3. The molecule has 0 atom stereocenters. The van der Waals surface area contributed by atoms with E-state index in [1.807, 2.05) is 4.90 Å². The standard InChI is InChI=1S/C16H33N3O/c17-11-9-7-5-3-1-2-4-6-8-10-16(20)19-14-12-18-13-15-19/h18H,1-15,17H2. The second-order valence-corrected chi connectivity index (χ2v) is 5.85. The third-order valence-corrected chi connectivity index (χ3v) is 4.06. The van der Waals surface area contributed by atoms with Gasteiger partial charge in [0.1, 0.15) is 0 Å². The summed E-state index contributed by atoms with van der Waals surface area (Å²) >= 11 is 0. The van der Waals surface area contributed by atoms with E-state index in [1.54, 1.807) is 0 Å². The fourth-order valence-electron chi connectivity index (χ4n) is 2.73. The molecule has 0 radical (unpaired) electrons. The van der Waals surface area contributed by atoms with Gasteiger partial charge in [0.05, 0.1) is 0 Å². The second kappa shape index (κ2) is 12.2. The lowest BCUT2D eigenvalue weighted by atomic mass is 10.1. The molecule has 0 bridgehead atoms. The number of amides is 1. The second-order valence-electron chi connectivity index (χ2n) is 5.85. The number of rotatable bonds is 11. The summed E-state index contributed by atoms with van der Waals surface area (Å²) in [5.41, 5.74) is 5.47. The van der Waals surface area contributed by atoms with E-state index in [2.05, 4.69) is 5.32 Å². The van der Waals surface area contributed by atoms with Gasteiger partial charge in [-0.2, -0.15) is 0 Å². The molecule has 1 aliphatic heterocycles. The van der Waals surface area contributed by atoms with Crippen LogP contribution in [0.4, 0.5) is 0 Å². The van der Waals surface area contributed by atoms with Crippen molar-refractivity contribution in [1.82, 2.24) is 10.2 Å². The highest BCUT2D eigenvalue weighted by atomic mass is 16.2. The molecule has 0 aromatic carbocycles. The number of nitrogens with zero attached hydrogens (tertiary/aromatic N) is 1. The number of nitrogens with one attached hydrogen (secondary N) is 1. The Labute approximate surface area is 124 Å². The van der Waals surface area contributed by atoms with Gasteiger partial charge in [-0.3, -0.25) is 4.79 Å². The zero-order valence-corrected chi connectivity index (χ0v) is 13.0. The molecule has 3 N–H and O–H groups in total. The van der Waals surface area contributed by atoms with Crippen LogP contribution in [0.2, 0.25) is 0 Å². The molecule has 1 heterocycles. The first kappa shape index (κ1) is 17.4. The largest absolute Gasteiger partial charge is 0.340 e. The minimum absolute atomic E-state index is 0.355. The average molecular weight is 283 g/mol. The summed E-state index contributed by atoms with van der Waals surface area (Å²) in [7, 11) is 0. The maximum absolute atomic E-state index is 11.9. The minimum Gasteiger partial charge on any atom is -0.340 e. The highest BCUT2D eigenvalue weighted by molar-refractivity contribution is 5.76. The quantitative estimate of drug-likeness (QED) is 0.572. The predicted octanol–water partition coefficient (Wildman–Crippen LogP) is 2.28. The van der Waals surface area contributed by atoms with Gasteiger partial charge in [-0.15, -0.1) is 0 Å². The zero-order valence-electron chi connectivity index (χ0n) is 13.0. The van der Waals surface area contributed by atoms with Gasteiger partial charge in [0.25, 0.3) is 0 Å². The molecule has 0 aromatic rings. The summed E-state index contributed by atoms with van der Waals surface area (Å²) in [6, 6.07) is 0. The maximum atomic E-state index is 11.9. The van der Waals surface area contributed by atoms with E-state index >= 15 is 0 Å². The molecule has 1 rings (SSSR count). The molecular formula is C16H33N3O. The number of hydrogen-bond donors (Lipinski definition) is 2. The van der Waals surface area contributed by atoms with Gasteiger partial charge in [-0.05, 0) is 19.4 Å². The molecule has 118 valence electrons. The average Bonchev–Trinajstić information content (AvgIpc) is 2.50. The van der Waals surface area contributed by atoms with Crippen molar-refractivity contribution in [2.75, 3.05) is 32.7 Å². The fourth-order valence-corrected chi connectivity index (χ4v) is 2.73. The summed E-state index contributed by atoms with van der Waals surface area (Å²) in [5.74, 6) is 0.355. The SMILES string of the molecule is NCCCCCCCCCCCC(=O)N1CCNCC1. The number of carbonyl (C=O) groups is 1. The van der Waals surface area contributed by atoms with E-state index in [1.165, 1.54) is 51.4 Å². The van der Waals surface area contributed by atoms with E-state index in [-0.39, 0.29) is 0 Å². The van der Waals surface area contributed by atoms with Crippen molar-refractivity contribution in [3.05, 3.63) is 0 Å². The maximum Gasteiger partial charge on any atom is 0.222 e. The lowest BCUT2D eigenvalue weighted by Crippen LogP contribution is -2.46. The van der Waals surface area contributed by atoms with Gasteiger partial charge < -0.3 is 16.0 Å². The monoisotopic (exact) mass is 283 g/mol. The Morgan fingerprint density at radius 1 is 0.850 bits per heavy atom. The van der Waals surface area contributed by atoms with Crippen LogP contribution in [-0.2, 0) is 4.79 Å². The molecule has 4 heteroatoms. The zero-order chi connectivity index (χ0) is 14.5. The van der Waals surface area contributed by atoms with E-state index in [4.69, 9.17) is 5.73 Å². The number of unbranched alkanes of at least 4 members (excludes halogenated alkanes) is 8. The van der Waals surface area contributed by atoms with Crippen LogP contribution >= 0.6 is 0 Å². The van der Waals surface area contributed by atoms with Crippen LogP contribution in [0.25, 0.3) is 0 Å². The van der Waals surface area contributed by atoms with Crippen LogP contribution in [-0.4, -0.2) is 43.5 Å². The molecule has 1 fully saturated rings. The Hall–Kier alpha value is -0.610. The van der Waals surface area contributed by atoms with Crippen molar-refractivity contribution in [2.45, 2.75) is 64.2 Å². The third kappa shape index (κ3) is 8.54. The molecular weight excluding hydrogens is 250 g/mol. The first-order valence-corrected chi connectivity index (χ1v) is 8.53. The third-order valence-electron chi connectivity index (χ3n) is 4.06. The smallest absolute Gasteiger partial charge is 0.222 e. The van der Waals surface area contributed by atoms with Crippen LogP contribution < -0.4 is 11.1 Å². The summed E-state index contributed by atoms with van der Waals surface area (Å²) in [5, 5.41) is 3.28. The molecule has 0 spiro atoms. The fraction of sp³-hybridized carbons (Fsp3) is 0.938. The summed E-state index contributed by atoms with van der Waals surface area (Å²) in [4.78, 5) is 13.9. The number of piperazine rings is 1. The van der Waals surface area contributed by atoms with Crippen molar-refractivity contribution in [2.24, 2.45) is 5.73 Å². The van der Waals surface area contributed by atoms with Crippen LogP contribution in [0.15, 0.2) is 0 Å². The number of nitrogens with two attached hydrogens (primary N) is 1. The number of carbonyl (C=O) groups excluding carboxylic acids is 1. The summed E-state index contributed by atoms with van der Waals surface area (Å²) < 4.78 is 0. The van der Waals surface area contributed by atoms with Gasteiger partial charge in [0.15, 0.2) is 0 Å². The topological polar surface area (TPSA) is 58.4 Å². The van der Waals surface area contributed by atoms with E-state index in [0.717, 1.165) is 45.6 Å². The highest BCUT2D eigenvalue weighted by Crippen LogP contribution is 2.11. The first-order valence-electron chi connectivity index (χ1n) is 8.53. The van der Waals surface area contributed by atoms with Gasteiger partial charge in [0.2, 0.25) is 5.91 Å². The molecule has 1 saturated heterocycles. The van der Waals surface area contributed by atoms with Crippen molar-refractivity contribution in [3.63, 3.8) is 0 Å². The Bertz CT molecular complexity index is 240. The normalized spacial score (nSPS) is 15.6. The van der Waals surface area contributed by atoms with Crippen LogP contribution in [0.5, 0.6) is 0 Å². The molecule has 0 saturated carbocycles. The molecule has 1 aliphatic rings.